The number of nitrogens with zero attached hydrogens (tertiary/aromatic N) is 2. The van der Waals surface area contributed by atoms with Crippen molar-refractivity contribution in [3.63, 3.8) is 0 Å². The Morgan fingerprint density at radius 3 is 2.57 bits per heavy atom. The third-order valence-corrected chi connectivity index (χ3v) is 3.86. The Hall–Kier alpha value is -1.12. The number of hydrogen-bond donors (Lipinski definition) is 1. The zero-order chi connectivity index (χ0) is 16.2. The Morgan fingerprint density at radius 1 is 1.48 bits per heavy atom. The number of ether oxygens (including phenoxy) is 1. The fourth-order valence-electron chi connectivity index (χ4n) is 1.88. The predicted molar refractivity (Wildman–Crippen MR) is 78.8 cm³/mol. The molecule has 1 aromatic rings. The number of carbonyl (C=O) groups is 1. The molecule has 1 rings (SSSR count). The van der Waals surface area contributed by atoms with Crippen molar-refractivity contribution in [3.05, 3.63) is 12.0 Å². The Bertz CT molecular complexity index is 598. The lowest BCUT2D eigenvalue weighted by atomic mass is 10.2. The third-order valence-electron chi connectivity index (χ3n) is 2.69. The second kappa shape index (κ2) is 7.24. The van der Waals surface area contributed by atoms with Gasteiger partial charge in [-0.05, 0) is 6.92 Å². The van der Waals surface area contributed by atoms with Gasteiger partial charge in [-0.15, -0.1) is 0 Å². The summed E-state index contributed by atoms with van der Waals surface area (Å²) in [5.74, 6) is 0.197. The van der Waals surface area contributed by atoms with Gasteiger partial charge in [-0.1, -0.05) is 13.8 Å². The summed E-state index contributed by atoms with van der Waals surface area (Å²) < 4.78 is 29.1. The highest BCUT2D eigenvalue weighted by Crippen LogP contribution is 2.19. The summed E-state index contributed by atoms with van der Waals surface area (Å²) in [6, 6.07) is -0.134. The largest absolute Gasteiger partial charge is 0.383 e. The van der Waals surface area contributed by atoms with E-state index in [0.717, 1.165) is 0 Å². The van der Waals surface area contributed by atoms with Crippen molar-refractivity contribution >= 4 is 25.6 Å². The van der Waals surface area contributed by atoms with Crippen molar-refractivity contribution in [2.24, 2.45) is 0 Å². The van der Waals surface area contributed by atoms with Gasteiger partial charge < -0.3 is 14.6 Å². The van der Waals surface area contributed by atoms with Crippen LogP contribution in [0, 0.1) is 0 Å². The summed E-state index contributed by atoms with van der Waals surface area (Å²) in [7, 11) is 2.92. The topological polar surface area (TPSA) is 90.3 Å². The number of imidazole rings is 1. The van der Waals surface area contributed by atoms with E-state index in [9.17, 15) is 13.2 Å². The van der Waals surface area contributed by atoms with Crippen LogP contribution < -0.4 is 5.32 Å². The molecule has 1 atom stereocenters. The van der Waals surface area contributed by atoms with Gasteiger partial charge in [0.05, 0.1) is 6.61 Å². The van der Waals surface area contributed by atoms with Crippen LogP contribution in [0.3, 0.4) is 0 Å². The lowest BCUT2D eigenvalue weighted by Crippen LogP contribution is -2.37. The second-order valence-electron chi connectivity index (χ2n) is 5.08. The number of hydrogen-bond acceptors (Lipinski definition) is 5. The van der Waals surface area contributed by atoms with E-state index in [1.165, 1.54) is 10.8 Å². The maximum atomic E-state index is 11.9. The highest BCUT2D eigenvalue weighted by Gasteiger charge is 2.21. The highest BCUT2D eigenvalue weighted by atomic mass is 35.7. The molecule has 0 aliphatic carbocycles. The Kier molecular flexibility index (Phi) is 6.18. The lowest BCUT2D eigenvalue weighted by molar-refractivity contribution is -0.122. The van der Waals surface area contributed by atoms with E-state index in [4.69, 9.17) is 15.4 Å². The van der Waals surface area contributed by atoms with Gasteiger partial charge in [-0.25, -0.2) is 13.4 Å². The quantitative estimate of drug-likeness (QED) is 0.752. The SMILES string of the molecule is COCC(C)NC(=O)Cn1cc(S(=O)(=O)Cl)nc1C(C)C. The van der Waals surface area contributed by atoms with Crippen LogP contribution in [0.25, 0.3) is 0 Å². The summed E-state index contributed by atoms with van der Waals surface area (Å²) in [6.07, 6.45) is 1.28. The normalized spacial score (nSPS) is 13.4. The van der Waals surface area contributed by atoms with Crippen LogP contribution in [-0.4, -0.2) is 43.6 Å². The first-order valence-corrected chi connectivity index (χ1v) is 8.76. The number of aromatic nitrogens is 2. The lowest BCUT2D eigenvalue weighted by Gasteiger charge is -2.14. The molecule has 1 aromatic heterocycles. The number of carbonyl (C=O) groups excluding carboxylic acids is 1. The van der Waals surface area contributed by atoms with E-state index >= 15 is 0 Å². The van der Waals surface area contributed by atoms with E-state index in [-0.39, 0.29) is 29.4 Å². The molecule has 9 heteroatoms. The first-order valence-electron chi connectivity index (χ1n) is 6.45. The summed E-state index contributed by atoms with van der Waals surface area (Å²) in [6.45, 7) is 5.89. The molecule has 0 bridgehead atoms. The van der Waals surface area contributed by atoms with E-state index in [1.54, 1.807) is 7.11 Å². The van der Waals surface area contributed by atoms with E-state index < -0.39 is 9.05 Å². The fraction of sp³-hybridized carbons (Fsp3) is 0.667. The molecule has 0 radical (unpaired) electrons. The third kappa shape index (κ3) is 5.29. The van der Waals surface area contributed by atoms with Gasteiger partial charge in [0.1, 0.15) is 12.4 Å². The van der Waals surface area contributed by atoms with Gasteiger partial charge >= 0.3 is 0 Å². The van der Waals surface area contributed by atoms with Crippen molar-refractivity contribution < 1.29 is 17.9 Å². The molecule has 120 valence electrons. The van der Waals surface area contributed by atoms with Crippen LogP contribution in [0.1, 0.15) is 32.5 Å². The van der Waals surface area contributed by atoms with Crippen molar-refractivity contribution in [1.82, 2.24) is 14.9 Å². The van der Waals surface area contributed by atoms with Crippen molar-refractivity contribution in [1.29, 1.82) is 0 Å². The van der Waals surface area contributed by atoms with Crippen LogP contribution in [-0.2, 0) is 25.1 Å². The summed E-state index contributed by atoms with van der Waals surface area (Å²) >= 11 is 0. The van der Waals surface area contributed by atoms with Crippen molar-refractivity contribution in [2.45, 2.75) is 44.3 Å². The van der Waals surface area contributed by atoms with Crippen molar-refractivity contribution in [3.8, 4) is 0 Å². The molecule has 0 aromatic carbocycles. The van der Waals surface area contributed by atoms with Gasteiger partial charge in [0.2, 0.25) is 5.91 Å². The van der Waals surface area contributed by atoms with E-state index in [1.807, 2.05) is 20.8 Å². The van der Waals surface area contributed by atoms with Gasteiger partial charge in [-0.3, -0.25) is 4.79 Å². The minimum atomic E-state index is -3.92. The molecule has 0 aliphatic rings. The minimum Gasteiger partial charge on any atom is -0.383 e. The molecule has 0 saturated carbocycles. The average Bonchev–Trinajstić information content (AvgIpc) is 2.72. The molecular weight excluding hydrogens is 318 g/mol. The highest BCUT2D eigenvalue weighted by molar-refractivity contribution is 8.13. The minimum absolute atomic E-state index is 0.0268. The molecular formula is C12H20ClN3O4S. The smallest absolute Gasteiger partial charge is 0.280 e. The van der Waals surface area contributed by atoms with Crippen LogP contribution in [0.4, 0.5) is 0 Å². The first kappa shape index (κ1) is 17.9. The predicted octanol–water partition coefficient (Wildman–Crippen LogP) is 1.09. The van der Waals surface area contributed by atoms with Crippen LogP contribution in [0.5, 0.6) is 0 Å². The average molecular weight is 338 g/mol. The molecule has 1 N–H and O–H groups in total. The second-order valence-corrected chi connectivity index (χ2v) is 7.59. The Labute approximate surface area is 129 Å². The molecule has 1 heterocycles. The standard InChI is InChI=1S/C12H20ClN3O4S/c1-8(2)12-15-11(21(13,18)19)6-16(12)5-10(17)14-9(3)7-20-4/h6,8-9H,5,7H2,1-4H3,(H,14,17). The summed E-state index contributed by atoms with van der Waals surface area (Å²) in [5, 5.41) is 2.50. The maximum Gasteiger partial charge on any atom is 0.280 e. The fourth-order valence-corrected chi connectivity index (χ4v) is 2.56. The number of methoxy groups -OCH3 is 1. The Morgan fingerprint density at radius 2 is 2.10 bits per heavy atom. The van der Waals surface area contributed by atoms with Crippen molar-refractivity contribution in [2.75, 3.05) is 13.7 Å². The molecule has 0 aliphatic heterocycles. The van der Waals surface area contributed by atoms with E-state index in [2.05, 4.69) is 10.3 Å². The number of rotatable bonds is 7. The van der Waals surface area contributed by atoms with Crippen LogP contribution in [0.2, 0.25) is 0 Å². The van der Waals surface area contributed by atoms with Gasteiger partial charge in [0, 0.05) is 35.9 Å². The van der Waals surface area contributed by atoms with Gasteiger partial charge in [-0.2, -0.15) is 0 Å². The molecule has 7 nitrogen and oxygen atoms in total. The van der Waals surface area contributed by atoms with E-state index in [0.29, 0.717) is 12.4 Å². The summed E-state index contributed by atoms with van der Waals surface area (Å²) in [4.78, 5) is 15.9. The van der Waals surface area contributed by atoms with Gasteiger partial charge in [0.15, 0.2) is 5.03 Å². The molecule has 0 fully saturated rings. The summed E-state index contributed by atoms with van der Waals surface area (Å²) in [5.41, 5.74) is 0. The monoisotopic (exact) mass is 337 g/mol. The number of amides is 1. The Balaban J connectivity index is 2.92. The molecule has 21 heavy (non-hydrogen) atoms. The zero-order valence-electron chi connectivity index (χ0n) is 12.5. The number of halogens is 1. The molecule has 1 unspecified atom stereocenters. The van der Waals surface area contributed by atoms with Crippen LogP contribution in [0.15, 0.2) is 11.2 Å². The zero-order valence-corrected chi connectivity index (χ0v) is 14.0. The first-order chi connectivity index (χ1) is 9.65. The number of nitrogens with one attached hydrogen (secondary N) is 1. The van der Waals surface area contributed by atoms with Crippen LogP contribution >= 0.6 is 10.7 Å². The molecule has 1 amide bonds. The van der Waals surface area contributed by atoms with Gasteiger partial charge in [0.25, 0.3) is 9.05 Å². The molecule has 0 spiro atoms. The maximum absolute atomic E-state index is 11.9. The molecule has 0 saturated heterocycles.